The minimum Gasteiger partial charge on any atom is -0.390 e. The van der Waals surface area contributed by atoms with Gasteiger partial charge in [0.25, 0.3) is 0 Å². The topological polar surface area (TPSA) is 93.1 Å². The molecule has 1 heterocycles. The van der Waals surface area contributed by atoms with E-state index in [2.05, 4.69) is 0 Å². The van der Waals surface area contributed by atoms with Crippen LogP contribution in [0.3, 0.4) is 0 Å². The maximum atomic E-state index is 17.4. The maximum Gasteiger partial charge on any atom is 0.193 e. The monoisotopic (exact) mass is 496 g/mol. The molecule has 4 fully saturated rings. The summed E-state index contributed by atoms with van der Waals surface area (Å²) >= 11 is 0. The third-order valence-electron chi connectivity index (χ3n) is 10.4. The van der Waals surface area contributed by atoms with E-state index in [9.17, 15) is 19.8 Å². The van der Waals surface area contributed by atoms with Gasteiger partial charge in [0, 0.05) is 22.3 Å². The number of hydrogen-bond acceptors (Lipinski definition) is 6. The van der Waals surface area contributed by atoms with Gasteiger partial charge < -0.3 is 19.7 Å². The largest absolute Gasteiger partial charge is 0.390 e. The molecule has 7 heteroatoms. The van der Waals surface area contributed by atoms with Gasteiger partial charge in [-0.05, 0) is 57.6 Å². The first-order valence-corrected chi connectivity index (χ1v) is 12.9. The molecule has 1 aromatic carbocycles. The highest BCUT2D eigenvalue weighted by Crippen LogP contribution is 2.72. The van der Waals surface area contributed by atoms with Crippen molar-refractivity contribution in [3.05, 3.63) is 59.7 Å². The number of alkyl halides is 1. The minimum absolute atomic E-state index is 0.0220. The number of rotatable bonds is 3. The van der Waals surface area contributed by atoms with Crippen LogP contribution in [-0.2, 0) is 24.8 Å². The highest BCUT2D eigenvalue weighted by molar-refractivity contribution is 6.01. The predicted molar refractivity (Wildman–Crippen MR) is 128 cm³/mol. The second-order valence-corrected chi connectivity index (χ2v) is 11.8. The number of carbonyl (C=O) groups is 2. The number of fused-ring (bicyclic) bond motifs is 7. The lowest BCUT2D eigenvalue weighted by atomic mass is 9.44. The lowest BCUT2D eigenvalue weighted by Crippen LogP contribution is -2.70. The van der Waals surface area contributed by atoms with Gasteiger partial charge in [0.2, 0.25) is 0 Å². The second kappa shape index (κ2) is 7.44. The molecule has 0 spiro atoms. The van der Waals surface area contributed by atoms with Crippen molar-refractivity contribution in [3.63, 3.8) is 0 Å². The number of allylic oxidation sites excluding steroid dienone is 4. The van der Waals surface area contributed by atoms with E-state index in [-0.39, 0.29) is 18.1 Å². The fourth-order valence-corrected chi connectivity index (χ4v) is 8.64. The zero-order valence-electron chi connectivity index (χ0n) is 20.9. The van der Waals surface area contributed by atoms with Crippen molar-refractivity contribution in [1.29, 1.82) is 0 Å². The third kappa shape index (κ3) is 2.65. The molecule has 2 N–H and O–H groups in total. The molecule has 6 nitrogen and oxygen atoms in total. The van der Waals surface area contributed by atoms with Crippen LogP contribution in [-0.4, -0.2) is 51.9 Å². The van der Waals surface area contributed by atoms with E-state index < -0.39 is 58.4 Å². The van der Waals surface area contributed by atoms with Gasteiger partial charge in [-0.3, -0.25) is 9.59 Å². The number of benzene rings is 1. The average molecular weight is 497 g/mol. The first-order chi connectivity index (χ1) is 17.0. The highest BCUT2D eigenvalue weighted by Gasteiger charge is 2.80. The molecule has 36 heavy (non-hydrogen) atoms. The molecule has 1 aliphatic heterocycles. The number of aliphatic hydroxyl groups is 2. The summed E-state index contributed by atoms with van der Waals surface area (Å²) in [5, 5.41) is 21.7. The van der Waals surface area contributed by atoms with E-state index in [4.69, 9.17) is 9.47 Å². The van der Waals surface area contributed by atoms with Crippen molar-refractivity contribution in [2.45, 2.75) is 75.7 Å². The molecule has 192 valence electrons. The van der Waals surface area contributed by atoms with Crippen LogP contribution < -0.4 is 0 Å². The molecule has 0 radical (unpaired) electrons. The zero-order chi connectivity index (χ0) is 25.7. The fourth-order valence-electron chi connectivity index (χ4n) is 8.64. The average Bonchev–Trinajstić information content (AvgIpc) is 3.29. The van der Waals surface area contributed by atoms with Crippen LogP contribution >= 0.6 is 0 Å². The molecule has 0 bridgehead atoms. The summed E-state index contributed by atoms with van der Waals surface area (Å²) < 4.78 is 30.5. The Labute approximate surface area is 210 Å². The Morgan fingerprint density at radius 1 is 1.17 bits per heavy atom. The Balaban J connectivity index is 1.46. The number of aliphatic hydroxyl groups excluding tert-OH is 2. The van der Waals surface area contributed by atoms with Gasteiger partial charge >= 0.3 is 0 Å². The standard InChI is InChI=1S/C29H33FO6/c1-25-12-11-19(32)13-18(25)9-10-20-21-14-24-29(23(34)16-31,26(21,2)15-22(33)28(20,25)30)36-27(3,35-24)17-7-5-4-6-8-17/h4-8,11-13,20-22,24,31,33H,9-10,14-16H2,1-3H3/t20-,21-,22-,24+,25-,26-,27-,28-,29-/m0/s1. The summed E-state index contributed by atoms with van der Waals surface area (Å²) in [5.74, 6) is -2.78. The number of Topliss-reactive ketones (excluding diaryl/α,β-unsaturated/α-hetero) is 1. The maximum absolute atomic E-state index is 17.4. The van der Waals surface area contributed by atoms with Crippen molar-refractivity contribution in [1.82, 2.24) is 0 Å². The van der Waals surface area contributed by atoms with E-state index in [1.165, 1.54) is 12.2 Å². The van der Waals surface area contributed by atoms with E-state index >= 15 is 4.39 Å². The molecule has 9 atom stereocenters. The molecular formula is C29H33FO6. The predicted octanol–water partition coefficient (Wildman–Crippen LogP) is 3.56. The summed E-state index contributed by atoms with van der Waals surface area (Å²) in [7, 11) is 0. The normalized spacial score (nSPS) is 49.1. The lowest BCUT2D eigenvalue weighted by Gasteiger charge is -2.62. The molecule has 0 amide bonds. The van der Waals surface area contributed by atoms with Gasteiger partial charge in [0.1, 0.15) is 6.61 Å². The van der Waals surface area contributed by atoms with E-state index in [1.807, 2.05) is 37.3 Å². The third-order valence-corrected chi connectivity index (χ3v) is 10.4. The van der Waals surface area contributed by atoms with Crippen LogP contribution in [0, 0.1) is 22.7 Å². The smallest absolute Gasteiger partial charge is 0.193 e. The van der Waals surface area contributed by atoms with Gasteiger partial charge in [-0.1, -0.05) is 48.9 Å². The van der Waals surface area contributed by atoms with Crippen molar-refractivity contribution in [3.8, 4) is 0 Å². The number of ketones is 2. The van der Waals surface area contributed by atoms with Crippen LogP contribution in [0.25, 0.3) is 0 Å². The Bertz CT molecular complexity index is 1200. The van der Waals surface area contributed by atoms with Gasteiger partial charge in [0.15, 0.2) is 28.6 Å². The summed E-state index contributed by atoms with van der Waals surface area (Å²) in [6, 6.07) is 9.35. The highest BCUT2D eigenvalue weighted by atomic mass is 19.1. The fraction of sp³-hybridized carbons (Fsp3) is 0.586. The Kier molecular flexibility index (Phi) is 4.99. The van der Waals surface area contributed by atoms with Crippen molar-refractivity contribution < 1.29 is 33.7 Å². The van der Waals surface area contributed by atoms with Gasteiger partial charge in [-0.2, -0.15) is 0 Å². The Morgan fingerprint density at radius 2 is 1.89 bits per heavy atom. The SMILES string of the molecule is C[C@]1(c2ccccc2)O[C@@H]2C[C@H]3[C@@H]4CCC5=CC(=O)C=C[C@]5(C)[C@@]4(F)[C@@H](O)C[C@]3(C)[C@@]2(C(=O)CO)O1. The minimum atomic E-state index is -2.01. The number of ether oxygens (including phenoxy) is 2. The summed E-state index contributed by atoms with van der Waals surface area (Å²) in [4.78, 5) is 25.6. The number of carbonyl (C=O) groups excluding carboxylic acids is 2. The van der Waals surface area contributed by atoms with Crippen LogP contribution in [0.5, 0.6) is 0 Å². The quantitative estimate of drug-likeness (QED) is 0.665. The summed E-state index contributed by atoms with van der Waals surface area (Å²) in [6.07, 6.45) is 3.77. The first kappa shape index (κ1) is 24.2. The summed E-state index contributed by atoms with van der Waals surface area (Å²) in [6.45, 7) is 4.70. The van der Waals surface area contributed by atoms with Crippen molar-refractivity contribution in [2.24, 2.45) is 22.7 Å². The molecule has 0 unspecified atom stereocenters. The van der Waals surface area contributed by atoms with Crippen LogP contribution in [0.4, 0.5) is 4.39 Å². The first-order valence-electron chi connectivity index (χ1n) is 12.9. The van der Waals surface area contributed by atoms with Gasteiger partial charge in [-0.15, -0.1) is 0 Å². The molecule has 4 aliphatic carbocycles. The van der Waals surface area contributed by atoms with Crippen LogP contribution in [0.15, 0.2) is 54.1 Å². The van der Waals surface area contributed by atoms with E-state index in [0.29, 0.717) is 24.8 Å². The molecule has 1 saturated heterocycles. The van der Waals surface area contributed by atoms with Crippen LogP contribution in [0.1, 0.15) is 52.0 Å². The zero-order valence-corrected chi connectivity index (χ0v) is 20.9. The van der Waals surface area contributed by atoms with Gasteiger partial charge in [0.05, 0.1) is 12.2 Å². The van der Waals surface area contributed by atoms with Gasteiger partial charge in [-0.25, -0.2) is 4.39 Å². The molecule has 0 aromatic heterocycles. The molecule has 6 rings (SSSR count). The Morgan fingerprint density at radius 3 is 2.58 bits per heavy atom. The van der Waals surface area contributed by atoms with Crippen molar-refractivity contribution >= 4 is 11.6 Å². The number of halogens is 1. The van der Waals surface area contributed by atoms with Crippen molar-refractivity contribution in [2.75, 3.05) is 6.61 Å². The molecule has 1 aromatic rings. The summed E-state index contributed by atoms with van der Waals surface area (Å²) in [5.41, 5.74) is -4.15. The molecular weight excluding hydrogens is 463 g/mol. The second-order valence-electron chi connectivity index (χ2n) is 11.8. The lowest BCUT2D eigenvalue weighted by molar-refractivity contribution is -0.254. The Hall–Kier alpha value is -2.19. The molecule has 3 saturated carbocycles. The van der Waals surface area contributed by atoms with E-state index in [0.717, 1.165) is 5.56 Å². The van der Waals surface area contributed by atoms with E-state index in [1.54, 1.807) is 19.9 Å². The molecule has 5 aliphatic rings. The van der Waals surface area contributed by atoms with Crippen LogP contribution in [0.2, 0.25) is 0 Å². The number of hydrogen-bond donors (Lipinski definition) is 2.